The van der Waals surface area contributed by atoms with Gasteiger partial charge in [0, 0.05) is 50.6 Å². The monoisotopic (exact) mass is 376 g/mol. The molecule has 0 spiro atoms. The van der Waals surface area contributed by atoms with Crippen molar-refractivity contribution in [3.8, 4) is 11.5 Å². The first kappa shape index (κ1) is 20.0. The summed E-state index contributed by atoms with van der Waals surface area (Å²) in [6.45, 7) is 7.02. The zero-order valence-electron chi connectivity index (χ0n) is 16.8. The number of amides is 1. The number of hydrogen-bond donors (Lipinski definition) is 0. The van der Waals surface area contributed by atoms with Gasteiger partial charge in [-0.05, 0) is 37.5 Å². The number of nitrogens with zero attached hydrogens (tertiary/aromatic N) is 2. The molecule has 2 atom stereocenters. The second kappa shape index (κ2) is 9.42. The molecule has 27 heavy (non-hydrogen) atoms. The Morgan fingerprint density at radius 1 is 1.11 bits per heavy atom. The van der Waals surface area contributed by atoms with Gasteiger partial charge in [0.25, 0.3) is 0 Å². The van der Waals surface area contributed by atoms with Crippen molar-refractivity contribution < 1.29 is 19.0 Å². The molecule has 2 fully saturated rings. The molecule has 0 radical (unpaired) electrons. The van der Waals surface area contributed by atoms with E-state index in [2.05, 4.69) is 11.8 Å². The van der Waals surface area contributed by atoms with Gasteiger partial charge in [0.15, 0.2) is 0 Å². The average Bonchev–Trinajstić information content (AvgIpc) is 3.17. The van der Waals surface area contributed by atoms with Crippen LogP contribution in [0.4, 0.5) is 0 Å². The third kappa shape index (κ3) is 5.14. The smallest absolute Gasteiger partial charge is 0.222 e. The standard InChI is InChI=1S/C21H32N2O4/c1-16-18(12-21(24)22-6-4-5-7-22)15-27-9-8-23(16)14-17-10-19(25-2)13-20(11-17)26-3/h10-11,13,16,18H,4-9,12,14-15H2,1-3H3/t16-,18+/m1/s1. The Balaban J connectivity index is 1.68. The fourth-order valence-corrected chi connectivity index (χ4v) is 4.02. The summed E-state index contributed by atoms with van der Waals surface area (Å²) in [7, 11) is 3.34. The molecule has 2 heterocycles. The molecule has 0 N–H and O–H groups in total. The third-order valence-electron chi connectivity index (χ3n) is 5.81. The minimum atomic E-state index is 0.216. The van der Waals surface area contributed by atoms with Crippen molar-refractivity contribution in [2.75, 3.05) is 47.1 Å². The van der Waals surface area contributed by atoms with Crippen LogP contribution in [0.3, 0.4) is 0 Å². The summed E-state index contributed by atoms with van der Waals surface area (Å²) in [4.78, 5) is 17.0. The van der Waals surface area contributed by atoms with E-state index in [4.69, 9.17) is 14.2 Å². The van der Waals surface area contributed by atoms with E-state index in [-0.39, 0.29) is 17.9 Å². The van der Waals surface area contributed by atoms with Crippen LogP contribution in [0, 0.1) is 5.92 Å². The maximum absolute atomic E-state index is 12.6. The van der Waals surface area contributed by atoms with Crippen LogP contribution >= 0.6 is 0 Å². The molecule has 2 aliphatic rings. The average molecular weight is 376 g/mol. The molecule has 6 heteroatoms. The van der Waals surface area contributed by atoms with Crippen molar-refractivity contribution in [3.63, 3.8) is 0 Å². The van der Waals surface area contributed by atoms with E-state index < -0.39 is 0 Å². The maximum Gasteiger partial charge on any atom is 0.222 e. The quantitative estimate of drug-likeness (QED) is 0.764. The number of likely N-dealkylation sites (tertiary alicyclic amines) is 1. The Bertz CT molecular complexity index is 608. The largest absolute Gasteiger partial charge is 0.497 e. The molecular weight excluding hydrogens is 344 g/mol. The molecule has 1 aromatic rings. The Morgan fingerprint density at radius 2 is 1.78 bits per heavy atom. The zero-order chi connectivity index (χ0) is 19.2. The highest BCUT2D eigenvalue weighted by Gasteiger charge is 2.30. The number of ether oxygens (including phenoxy) is 3. The van der Waals surface area contributed by atoms with Gasteiger partial charge in [-0.1, -0.05) is 0 Å². The normalized spacial score (nSPS) is 23.9. The molecule has 0 unspecified atom stereocenters. The summed E-state index contributed by atoms with van der Waals surface area (Å²) in [5, 5.41) is 0. The van der Waals surface area contributed by atoms with Crippen molar-refractivity contribution in [1.29, 1.82) is 0 Å². The minimum Gasteiger partial charge on any atom is -0.497 e. The van der Waals surface area contributed by atoms with Crippen molar-refractivity contribution in [3.05, 3.63) is 23.8 Å². The van der Waals surface area contributed by atoms with E-state index in [0.717, 1.165) is 56.1 Å². The lowest BCUT2D eigenvalue weighted by molar-refractivity contribution is -0.132. The second-order valence-corrected chi connectivity index (χ2v) is 7.56. The molecule has 0 aromatic heterocycles. The number of carbonyl (C=O) groups is 1. The van der Waals surface area contributed by atoms with Gasteiger partial charge in [-0.15, -0.1) is 0 Å². The van der Waals surface area contributed by atoms with Crippen molar-refractivity contribution >= 4 is 5.91 Å². The van der Waals surface area contributed by atoms with E-state index in [9.17, 15) is 4.79 Å². The van der Waals surface area contributed by atoms with Crippen LogP contribution in [0.1, 0.15) is 31.7 Å². The molecule has 0 saturated carbocycles. The lowest BCUT2D eigenvalue weighted by atomic mass is 9.96. The van der Waals surface area contributed by atoms with Crippen molar-refractivity contribution in [2.45, 2.75) is 38.8 Å². The Labute approximate surface area is 162 Å². The molecule has 6 nitrogen and oxygen atoms in total. The van der Waals surface area contributed by atoms with Crippen LogP contribution in [0.2, 0.25) is 0 Å². The van der Waals surface area contributed by atoms with Crippen LogP contribution in [-0.2, 0) is 16.1 Å². The first-order valence-electron chi connectivity index (χ1n) is 9.92. The molecule has 3 rings (SSSR count). The fraction of sp³-hybridized carbons (Fsp3) is 0.667. The number of hydrogen-bond acceptors (Lipinski definition) is 5. The minimum absolute atomic E-state index is 0.216. The summed E-state index contributed by atoms with van der Waals surface area (Å²) in [6, 6.07) is 6.25. The number of rotatable bonds is 6. The van der Waals surface area contributed by atoms with E-state index in [1.165, 1.54) is 0 Å². The van der Waals surface area contributed by atoms with Crippen molar-refractivity contribution in [2.24, 2.45) is 5.92 Å². The summed E-state index contributed by atoms with van der Waals surface area (Å²) in [6.07, 6.45) is 2.83. The highest BCUT2D eigenvalue weighted by molar-refractivity contribution is 5.76. The van der Waals surface area contributed by atoms with Gasteiger partial charge < -0.3 is 19.1 Å². The van der Waals surface area contributed by atoms with Crippen molar-refractivity contribution in [1.82, 2.24) is 9.80 Å². The Morgan fingerprint density at radius 3 is 2.41 bits per heavy atom. The summed E-state index contributed by atoms with van der Waals surface area (Å²) < 4.78 is 16.6. The van der Waals surface area contributed by atoms with Crippen LogP contribution in [-0.4, -0.2) is 68.8 Å². The molecule has 2 aliphatic heterocycles. The first-order valence-corrected chi connectivity index (χ1v) is 9.92. The van der Waals surface area contributed by atoms with E-state index >= 15 is 0 Å². The third-order valence-corrected chi connectivity index (χ3v) is 5.81. The highest BCUT2D eigenvalue weighted by atomic mass is 16.5. The van der Waals surface area contributed by atoms with Gasteiger partial charge in [0.1, 0.15) is 11.5 Å². The van der Waals surface area contributed by atoms with E-state index in [1.54, 1.807) is 14.2 Å². The number of methoxy groups -OCH3 is 2. The van der Waals surface area contributed by atoms with Crippen LogP contribution in [0.25, 0.3) is 0 Å². The van der Waals surface area contributed by atoms with Crippen LogP contribution in [0.5, 0.6) is 11.5 Å². The zero-order valence-corrected chi connectivity index (χ0v) is 16.8. The van der Waals surface area contributed by atoms with Gasteiger partial charge in [0.2, 0.25) is 5.91 Å². The van der Waals surface area contributed by atoms with E-state index in [0.29, 0.717) is 19.6 Å². The molecule has 0 bridgehead atoms. The first-order chi connectivity index (χ1) is 13.1. The van der Waals surface area contributed by atoms with Gasteiger partial charge in [0.05, 0.1) is 27.4 Å². The summed E-state index contributed by atoms with van der Waals surface area (Å²) in [5.74, 6) is 2.08. The molecule has 150 valence electrons. The number of benzene rings is 1. The lowest BCUT2D eigenvalue weighted by Gasteiger charge is -2.32. The number of carbonyl (C=O) groups excluding carboxylic acids is 1. The molecule has 1 amide bonds. The van der Waals surface area contributed by atoms with E-state index in [1.807, 2.05) is 23.1 Å². The molecule has 0 aliphatic carbocycles. The Kier molecular flexibility index (Phi) is 6.96. The highest BCUT2D eigenvalue weighted by Crippen LogP contribution is 2.27. The molecular formula is C21H32N2O4. The maximum atomic E-state index is 12.6. The SMILES string of the molecule is COc1cc(CN2CCOC[C@H](CC(=O)N3CCCC3)[C@H]2C)cc(OC)c1. The second-order valence-electron chi connectivity index (χ2n) is 7.56. The van der Waals surface area contributed by atoms with Crippen LogP contribution < -0.4 is 9.47 Å². The van der Waals surface area contributed by atoms with Gasteiger partial charge in [-0.25, -0.2) is 0 Å². The summed E-state index contributed by atoms with van der Waals surface area (Å²) >= 11 is 0. The van der Waals surface area contributed by atoms with Gasteiger partial charge in [-0.3, -0.25) is 9.69 Å². The topological polar surface area (TPSA) is 51.2 Å². The lowest BCUT2D eigenvalue weighted by Crippen LogP contribution is -2.41. The van der Waals surface area contributed by atoms with Gasteiger partial charge >= 0.3 is 0 Å². The molecule has 1 aromatic carbocycles. The summed E-state index contributed by atoms with van der Waals surface area (Å²) in [5.41, 5.74) is 1.14. The van der Waals surface area contributed by atoms with Crippen LogP contribution in [0.15, 0.2) is 18.2 Å². The predicted molar refractivity (Wildman–Crippen MR) is 104 cm³/mol. The predicted octanol–water partition coefficient (Wildman–Crippen LogP) is 2.55. The van der Waals surface area contributed by atoms with Gasteiger partial charge in [-0.2, -0.15) is 0 Å². The fourth-order valence-electron chi connectivity index (χ4n) is 4.02. The molecule has 2 saturated heterocycles. The Hall–Kier alpha value is -1.79.